The Morgan fingerprint density at radius 2 is 1.95 bits per heavy atom. The van der Waals surface area contributed by atoms with E-state index in [1.807, 2.05) is 11.6 Å². The number of aromatic nitrogens is 2. The van der Waals surface area contributed by atoms with Crippen LogP contribution in [0, 0.1) is 29.0 Å². The van der Waals surface area contributed by atoms with Crippen LogP contribution in [0.4, 0.5) is 10.2 Å². The highest BCUT2D eigenvalue weighted by molar-refractivity contribution is 6.06. The molecule has 3 aliphatic heterocycles. The maximum Gasteiger partial charge on any atom is 0.276 e. The molecule has 5 aliphatic rings. The predicted molar refractivity (Wildman–Crippen MR) is 154 cm³/mol. The van der Waals surface area contributed by atoms with Gasteiger partial charge in [-0.05, 0) is 81.9 Å². The summed E-state index contributed by atoms with van der Waals surface area (Å²) in [5.74, 6) is -1.29. The molecule has 43 heavy (non-hydrogen) atoms. The number of likely N-dealkylation sites (N-methyl/N-ethyl adjacent to an activating group) is 1. The van der Waals surface area contributed by atoms with E-state index in [-0.39, 0.29) is 35.7 Å². The number of amides is 3. The molecule has 11 heteroatoms. The molecule has 2 saturated carbocycles. The van der Waals surface area contributed by atoms with Gasteiger partial charge in [-0.2, -0.15) is 10.4 Å². The van der Waals surface area contributed by atoms with E-state index in [1.165, 1.54) is 12.1 Å². The molecule has 226 valence electrons. The fraction of sp³-hybridized carbons (Fsp3) is 0.594. The highest BCUT2D eigenvalue weighted by Gasteiger charge is 2.57. The van der Waals surface area contributed by atoms with Gasteiger partial charge in [0, 0.05) is 37.3 Å². The fourth-order valence-electron chi connectivity index (χ4n) is 7.56. The number of benzene rings is 1. The second kappa shape index (κ2) is 10.7. The first-order chi connectivity index (χ1) is 20.8. The van der Waals surface area contributed by atoms with Gasteiger partial charge in [-0.3, -0.25) is 19.3 Å². The Kier molecular flexibility index (Phi) is 7.00. The minimum atomic E-state index is -0.888. The van der Waals surface area contributed by atoms with Gasteiger partial charge in [-0.1, -0.05) is 12.1 Å². The van der Waals surface area contributed by atoms with Crippen molar-refractivity contribution in [2.45, 2.75) is 88.4 Å². The normalized spacial score (nSPS) is 29.1. The van der Waals surface area contributed by atoms with Gasteiger partial charge in [0.15, 0.2) is 5.69 Å². The summed E-state index contributed by atoms with van der Waals surface area (Å²) in [6.45, 7) is 5.06. The van der Waals surface area contributed by atoms with E-state index < -0.39 is 29.7 Å². The van der Waals surface area contributed by atoms with Crippen molar-refractivity contribution in [2.75, 3.05) is 24.7 Å². The van der Waals surface area contributed by atoms with E-state index in [0.717, 1.165) is 19.3 Å². The van der Waals surface area contributed by atoms with Crippen molar-refractivity contribution in [3.63, 3.8) is 0 Å². The smallest absolute Gasteiger partial charge is 0.276 e. The SMILES string of the molecule is CCN1C(=O)[C@@H](NC(=O)C(C)c2cccc(F)c2)[C@@H](C2CC2)c2c(C(=O)N3[C@H](C#N)C[C@H]4C[C@H]43)nn(C3CCOCC3)c21. The summed E-state index contributed by atoms with van der Waals surface area (Å²) in [5.41, 5.74) is 1.54. The summed E-state index contributed by atoms with van der Waals surface area (Å²) in [6, 6.07) is 6.89. The van der Waals surface area contributed by atoms with Gasteiger partial charge in [0.2, 0.25) is 5.91 Å². The lowest BCUT2D eigenvalue weighted by atomic mass is 9.81. The van der Waals surface area contributed by atoms with Crippen molar-refractivity contribution in [1.82, 2.24) is 20.0 Å². The van der Waals surface area contributed by atoms with E-state index in [1.54, 1.807) is 28.9 Å². The van der Waals surface area contributed by atoms with Crippen LogP contribution in [0.25, 0.3) is 0 Å². The van der Waals surface area contributed by atoms with Gasteiger partial charge in [-0.25, -0.2) is 9.07 Å². The Bertz CT molecular complexity index is 1510. The van der Waals surface area contributed by atoms with Crippen LogP contribution in [0.5, 0.6) is 0 Å². The van der Waals surface area contributed by atoms with Gasteiger partial charge in [0.1, 0.15) is 23.7 Å². The lowest BCUT2D eigenvalue weighted by Crippen LogP contribution is -2.56. The number of piperidine rings is 1. The topological polar surface area (TPSA) is 121 Å². The van der Waals surface area contributed by atoms with Crippen LogP contribution in [0.1, 0.15) is 91.9 Å². The average Bonchev–Trinajstić information content (AvgIpc) is 3.94. The number of ether oxygens (including phenoxy) is 1. The van der Waals surface area contributed by atoms with Crippen molar-refractivity contribution in [2.24, 2.45) is 11.8 Å². The highest BCUT2D eigenvalue weighted by atomic mass is 19.1. The van der Waals surface area contributed by atoms with Gasteiger partial charge in [0.05, 0.1) is 18.0 Å². The Balaban J connectivity index is 1.32. The molecule has 6 atom stereocenters. The Hall–Kier alpha value is -3.78. The van der Waals surface area contributed by atoms with Crippen molar-refractivity contribution in [3.8, 4) is 6.07 Å². The summed E-state index contributed by atoms with van der Waals surface area (Å²) in [5, 5.41) is 17.9. The van der Waals surface area contributed by atoms with Crippen LogP contribution in [-0.2, 0) is 14.3 Å². The molecule has 2 saturated heterocycles. The third-order valence-corrected chi connectivity index (χ3v) is 10.1. The number of carbonyl (C=O) groups is 3. The first kappa shape index (κ1) is 28.0. The number of carbonyl (C=O) groups excluding carboxylic acids is 3. The zero-order valence-corrected chi connectivity index (χ0v) is 24.5. The first-order valence-corrected chi connectivity index (χ1v) is 15.6. The number of anilines is 1. The van der Waals surface area contributed by atoms with E-state index >= 15 is 0 Å². The summed E-state index contributed by atoms with van der Waals surface area (Å²) >= 11 is 0. The number of fused-ring (bicyclic) bond motifs is 2. The lowest BCUT2D eigenvalue weighted by molar-refractivity contribution is -0.129. The molecule has 1 N–H and O–H groups in total. The number of nitrogens with zero attached hydrogens (tertiary/aromatic N) is 5. The van der Waals surface area contributed by atoms with E-state index in [4.69, 9.17) is 9.84 Å². The van der Waals surface area contributed by atoms with Crippen LogP contribution in [0.3, 0.4) is 0 Å². The Morgan fingerprint density at radius 3 is 2.63 bits per heavy atom. The second-order valence-corrected chi connectivity index (χ2v) is 12.7. The summed E-state index contributed by atoms with van der Waals surface area (Å²) in [6.07, 6.45) is 4.75. The molecule has 0 bridgehead atoms. The molecule has 0 spiro atoms. The quantitative estimate of drug-likeness (QED) is 0.527. The molecule has 4 fully saturated rings. The molecule has 7 rings (SSSR count). The minimum absolute atomic E-state index is 0.0380. The summed E-state index contributed by atoms with van der Waals surface area (Å²) in [4.78, 5) is 45.7. The monoisotopic (exact) mass is 588 g/mol. The Labute approximate surface area is 250 Å². The van der Waals surface area contributed by atoms with Crippen molar-refractivity contribution in [3.05, 3.63) is 46.9 Å². The van der Waals surface area contributed by atoms with Crippen molar-refractivity contribution < 1.29 is 23.5 Å². The fourth-order valence-corrected chi connectivity index (χ4v) is 7.56. The van der Waals surface area contributed by atoms with Crippen molar-refractivity contribution >= 4 is 23.5 Å². The molecule has 1 aromatic heterocycles. The summed E-state index contributed by atoms with van der Waals surface area (Å²) < 4.78 is 21.5. The van der Waals surface area contributed by atoms with Gasteiger partial charge < -0.3 is 15.0 Å². The minimum Gasteiger partial charge on any atom is -0.381 e. The third-order valence-electron chi connectivity index (χ3n) is 10.1. The average molecular weight is 589 g/mol. The van der Waals surface area contributed by atoms with E-state index in [2.05, 4.69) is 11.4 Å². The van der Waals surface area contributed by atoms with E-state index in [9.17, 15) is 24.0 Å². The number of likely N-dealkylation sites (tertiary alicyclic amines) is 1. The van der Waals surface area contributed by atoms with Crippen LogP contribution < -0.4 is 10.2 Å². The van der Waals surface area contributed by atoms with Crippen molar-refractivity contribution in [1.29, 1.82) is 5.26 Å². The number of rotatable bonds is 7. The maximum atomic E-state index is 14.4. The second-order valence-electron chi connectivity index (χ2n) is 12.7. The lowest BCUT2D eigenvalue weighted by Gasteiger charge is -2.40. The van der Waals surface area contributed by atoms with Gasteiger partial charge in [0.25, 0.3) is 11.8 Å². The number of nitriles is 1. The molecular weight excluding hydrogens is 551 g/mol. The maximum absolute atomic E-state index is 14.4. The number of halogens is 1. The number of nitrogens with one attached hydrogen (secondary N) is 1. The van der Waals surface area contributed by atoms with E-state index in [0.29, 0.717) is 67.6 Å². The van der Waals surface area contributed by atoms with Crippen LogP contribution >= 0.6 is 0 Å². The molecule has 1 aromatic carbocycles. The molecule has 4 heterocycles. The summed E-state index contributed by atoms with van der Waals surface area (Å²) in [7, 11) is 0. The standard InChI is InChI=1S/C32H37FN6O4/c1-3-37-30-26(25(18-7-8-18)27(31(37)41)35-29(40)17(2)19-5-4-6-21(33)13-19)28(36-39(30)22-9-11-43-12-10-22)32(42)38-23(16-34)14-20-15-24(20)38/h4-6,13,17-18,20,22-25,27H,3,7-12,14-15H2,1-2H3,(H,35,40)/t17?,20-,23-,24+,25-,27-/m0/s1. The molecular formula is C32H37FN6O4. The van der Waals surface area contributed by atoms with Crippen LogP contribution in [0.15, 0.2) is 24.3 Å². The third kappa shape index (κ3) is 4.71. The number of hydrogen-bond donors (Lipinski definition) is 1. The predicted octanol–water partition coefficient (Wildman–Crippen LogP) is 3.65. The highest BCUT2D eigenvalue weighted by Crippen LogP contribution is 2.53. The molecule has 1 unspecified atom stereocenters. The van der Waals surface area contributed by atoms with Gasteiger partial charge >= 0.3 is 0 Å². The molecule has 0 radical (unpaired) electrons. The van der Waals surface area contributed by atoms with Gasteiger partial charge in [-0.15, -0.1) is 0 Å². The van der Waals surface area contributed by atoms with Crippen LogP contribution in [-0.4, -0.2) is 70.3 Å². The zero-order valence-electron chi connectivity index (χ0n) is 24.5. The zero-order chi connectivity index (χ0) is 30.0. The Morgan fingerprint density at radius 1 is 1.19 bits per heavy atom. The first-order valence-electron chi connectivity index (χ1n) is 15.6. The van der Waals surface area contributed by atoms with Crippen LogP contribution in [0.2, 0.25) is 0 Å². The molecule has 10 nitrogen and oxygen atoms in total. The molecule has 3 amide bonds. The largest absolute Gasteiger partial charge is 0.381 e. The molecule has 2 aromatic rings. The molecule has 2 aliphatic carbocycles. The number of hydrogen-bond acceptors (Lipinski definition) is 6.